The van der Waals surface area contributed by atoms with E-state index >= 15 is 0 Å². The Labute approximate surface area is 148 Å². The molecular formula is C18H20Cl2N2O. The topological polar surface area (TPSA) is 32.3 Å². The molecule has 2 aromatic carbocycles. The number of rotatable bonds is 2. The molecule has 1 fully saturated rings. The van der Waals surface area contributed by atoms with Crippen molar-refractivity contribution in [2.45, 2.75) is 13.0 Å². The molecular weight excluding hydrogens is 331 g/mol. The summed E-state index contributed by atoms with van der Waals surface area (Å²) in [5.74, 6) is 0.0103. The highest BCUT2D eigenvalue weighted by Gasteiger charge is 2.23. The number of nitrogens with one attached hydrogen (secondary N) is 1. The van der Waals surface area contributed by atoms with Gasteiger partial charge in [0.05, 0.1) is 10.6 Å². The maximum Gasteiger partial charge on any atom is 0.255 e. The number of amides is 1. The van der Waals surface area contributed by atoms with Crippen LogP contribution in [-0.4, -0.2) is 36.5 Å². The zero-order chi connectivity index (χ0) is 15.5. The van der Waals surface area contributed by atoms with Gasteiger partial charge in [-0.2, -0.15) is 0 Å². The fourth-order valence-corrected chi connectivity index (χ4v) is 2.98. The van der Waals surface area contributed by atoms with Crippen LogP contribution in [0, 0.1) is 0 Å². The third kappa shape index (κ3) is 4.05. The van der Waals surface area contributed by atoms with E-state index in [9.17, 15) is 4.79 Å². The molecule has 3 rings (SSSR count). The molecule has 0 aromatic heterocycles. The molecule has 122 valence electrons. The zero-order valence-corrected chi connectivity index (χ0v) is 14.5. The smallest absolute Gasteiger partial charge is 0.255 e. The first-order valence-corrected chi connectivity index (χ1v) is 7.90. The standard InChI is InChI=1S/C18H19ClN2O.ClH/c1-13-12-21(10-9-20-13)18(22)16-11-15(7-8-17(16)19)14-5-3-2-4-6-14;/h2-8,11,13,20H,9-10,12H2,1H3;1H. The fourth-order valence-electron chi connectivity index (χ4n) is 2.79. The summed E-state index contributed by atoms with van der Waals surface area (Å²) in [7, 11) is 0. The predicted molar refractivity (Wildman–Crippen MR) is 97.5 cm³/mol. The molecule has 1 unspecified atom stereocenters. The minimum absolute atomic E-state index is 0. The van der Waals surface area contributed by atoms with Crippen molar-refractivity contribution in [3.63, 3.8) is 0 Å². The quantitative estimate of drug-likeness (QED) is 0.891. The van der Waals surface area contributed by atoms with Gasteiger partial charge >= 0.3 is 0 Å². The van der Waals surface area contributed by atoms with Crippen LogP contribution < -0.4 is 5.32 Å². The van der Waals surface area contributed by atoms with Crippen LogP contribution in [0.1, 0.15) is 17.3 Å². The van der Waals surface area contributed by atoms with Gasteiger partial charge in [0.25, 0.3) is 5.91 Å². The molecule has 1 heterocycles. The number of benzene rings is 2. The molecule has 0 spiro atoms. The zero-order valence-electron chi connectivity index (χ0n) is 13.0. The van der Waals surface area contributed by atoms with Crippen LogP contribution in [-0.2, 0) is 0 Å². The molecule has 23 heavy (non-hydrogen) atoms. The molecule has 0 radical (unpaired) electrons. The van der Waals surface area contributed by atoms with Gasteiger partial charge in [-0.05, 0) is 30.2 Å². The highest BCUT2D eigenvalue weighted by Crippen LogP contribution is 2.26. The third-order valence-electron chi connectivity index (χ3n) is 3.96. The lowest BCUT2D eigenvalue weighted by molar-refractivity contribution is 0.0709. The Morgan fingerprint density at radius 2 is 1.91 bits per heavy atom. The van der Waals surface area contributed by atoms with E-state index in [-0.39, 0.29) is 18.3 Å². The van der Waals surface area contributed by atoms with Gasteiger partial charge in [-0.1, -0.05) is 48.0 Å². The Morgan fingerprint density at radius 1 is 1.17 bits per heavy atom. The second kappa shape index (κ2) is 7.82. The van der Waals surface area contributed by atoms with Crippen LogP contribution in [0.4, 0.5) is 0 Å². The molecule has 2 aromatic rings. The fraction of sp³-hybridized carbons (Fsp3) is 0.278. The monoisotopic (exact) mass is 350 g/mol. The van der Waals surface area contributed by atoms with E-state index in [0.717, 1.165) is 24.2 Å². The van der Waals surface area contributed by atoms with Crippen LogP contribution >= 0.6 is 24.0 Å². The van der Waals surface area contributed by atoms with E-state index in [1.807, 2.05) is 53.4 Å². The number of halogens is 2. The molecule has 3 nitrogen and oxygen atoms in total. The van der Waals surface area contributed by atoms with E-state index in [2.05, 4.69) is 12.2 Å². The van der Waals surface area contributed by atoms with Gasteiger partial charge in [0, 0.05) is 25.7 Å². The summed E-state index contributed by atoms with van der Waals surface area (Å²) in [5, 5.41) is 3.85. The van der Waals surface area contributed by atoms with Gasteiger partial charge in [-0.25, -0.2) is 0 Å². The van der Waals surface area contributed by atoms with Crippen molar-refractivity contribution in [2.75, 3.05) is 19.6 Å². The van der Waals surface area contributed by atoms with Crippen molar-refractivity contribution in [1.82, 2.24) is 10.2 Å². The molecule has 1 N–H and O–H groups in total. The Morgan fingerprint density at radius 3 is 2.61 bits per heavy atom. The van der Waals surface area contributed by atoms with E-state index in [4.69, 9.17) is 11.6 Å². The summed E-state index contributed by atoms with van der Waals surface area (Å²) in [6, 6.07) is 16.0. The third-order valence-corrected chi connectivity index (χ3v) is 4.29. The van der Waals surface area contributed by atoms with Crippen LogP contribution in [0.15, 0.2) is 48.5 Å². The number of hydrogen-bond acceptors (Lipinski definition) is 2. The Balaban J connectivity index is 0.00000192. The molecule has 1 saturated heterocycles. The van der Waals surface area contributed by atoms with Gasteiger partial charge in [0.2, 0.25) is 0 Å². The summed E-state index contributed by atoms with van der Waals surface area (Å²) >= 11 is 6.27. The molecule has 1 aliphatic heterocycles. The maximum absolute atomic E-state index is 12.8. The first kappa shape index (κ1) is 17.8. The minimum atomic E-state index is 0. The summed E-state index contributed by atoms with van der Waals surface area (Å²) in [4.78, 5) is 14.6. The second-order valence-corrected chi connectivity index (χ2v) is 6.07. The second-order valence-electron chi connectivity index (χ2n) is 5.67. The molecule has 1 aliphatic rings. The molecule has 0 saturated carbocycles. The Bertz CT molecular complexity index is 676. The van der Waals surface area contributed by atoms with Crippen LogP contribution in [0.3, 0.4) is 0 Å². The average Bonchev–Trinajstić information content (AvgIpc) is 2.55. The number of piperazine rings is 1. The van der Waals surface area contributed by atoms with Crippen molar-refractivity contribution in [3.8, 4) is 11.1 Å². The maximum atomic E-state index is 12.8. The molecule has 5 heteroatoms. The van der Waals surface area contributed by atoms with Crippen molar-refractivity contribution < 1.29 is 4.79 Å². The van der Waals surface area contributed by atoms with Crippen molar-refractivity contribution >= 4 is 29.9 Å². The number of hydrogen-bond donors (Lipinski definition) is 1. The van der Waals surface area contributed by atoms with E-state index in [1.165, 1.54) is 0 Å². The normalized spacial score (nSPS) is 17.5. The van der Waals surface area contributed by atoms with Crippen molar-refractivity contribution in [1.29, 1.82) is 0 Å². The van der Waals surface area contributed by atoms with E-state index in [0.29, 0.717) is 23.2 Å². The number of carbonyl (C=O) groups is 1. The van der Waals surface area contributed by atoms with Crippen molar-refractivity contribution in [3.05, 3.63) is 59.1 Å². The lowest BCUT2D eigenvalue weighted by Crippen LogP contribution is -2.51. The average molecular weight is 351 g/mol. The molecule has 1 atom stereocenters. The van der Waals surface area contributed by atoms with Crippen LogP contribution in [0.25, 0.3) is 11.1 Å². The molecule has 0 aliphatic carbocycles. The first-order valence-electron chi connectivity index (χ1n) is 7.53. The number of carbonyl (C=O) groups excluding carboxylic acids is 1. The summed E-state index contributed by atoms with van der Waals surface area (Å²) in [6.07, 6.45) is 0. The van der Waals surface area contributed by atoms with Gasteiger partial charge < -0.3 is 10.2 Å². The van der Waals surface area contributed by atoms with E-state index < -0.39 is 0 Å². The summed E-state index contributed by atoms with van der Waals surface area (Å²) in [5.41, 5.74) is 2.68. The highest BCUT2D eigenvalue weighted by molar-refractivity contribution is 6.34. The predicted octanol–water partition coefficient (Wildman–Crippen LogP) is 3.86. The van der Waals surface area contributed by atoms with Gasteiger partial charge in [0.15, 0.2) is 0 Å². The Kier molecular flexibility index (Phi) is 6.05. The van der Waals surface area contributed by atoms with Gasteiger partial charge in [-0.15, -0.1) is 12.4 Å². The first-order chi connectivity index (χ1) is 10.6. The minimum Gasteiger partial charge on any atom is -0.336 e. The lowest BCUT2D eigenvalue weighted by atomic mass is 10.0. The highest BCUT2D eigenvalue weighted by atomic mass is 35.5. The number of nitrogens with zero attached hydrogens (tertiary/aromatic N) is 1. The largest absolute Gasteiger partial charge is 0.336 e. The summed E-state index contributed by atoms with van der Waals surface area (Å²) < 4.78 is 0. The van der Waals surface area contributed by atoms with Gasteiger partial charge in [-0.3, -0.25) is 4.79 Å². The van der Waals surface area contributed by atoms with E-state index in [1.54, 1.807) is 0 Å². The summed E-state index contributed by atoms with van der Waals surface area (Å²) in [6.45, 7) is 4.34. The molecule has 1 amide bonds. The van der Waals surface area contributed by atoms with Crippen LogP contribution in [0.5, 0.6) is 0 Å². The lowest BCUT2D eigenvalue weighted by Gasteiger charge is -2.32. The SMILES string of the molecule is CC1CN(C(=O)c2cc(-c3ccccc3)ccc2Cl)CCN1.Cl. The van der Waals surface area contributed by atoms with Crippen molar-refractivity contribution in [2.24, 2.45) is 0 Å². The van der Waals surface area contributed by atoms with Gasteiger partial charge in [0.1, 0.15) is 0 Å². The molecule has 0 bridgehead atoms. The Hall–Kier alpha value is -1.55. The van der Waals surface area contributed by atoms with Crippen LogP contribution in [0.2, 0.25) is 5.02 Å².